The van der Waals surface area contributed by atoms with Crippen LogP contribution >= 0.6 is 11.8 Å². The largest absolute Gasteiger partial charge is 0.414 e. The van der Waals surface area contributed by atoms with Gasteiger partial charge in [0, 0.05) is 16.6 Å². The van der Waals surface area contributed by atoms with E-state index >= 15 is 0 Å². The molecule has 0 aromatic heterocycles. The van der Waals surface area contributed by atoms with Crippen molar-refractivity contribution in [2.75, 3.05) is 5.75 Å². The Labute approximate surface area is 303 Å². The van der Waals surface area contributed by atoms with Crippen LogP contribution in [0.3, 0.4) is 0 Å². The molecule has 4 aliphatic rings. The van der Waals surface area contributed by atoms with Gasteiger partial charge in [0.15, 0.2) is 16.6 Å². The van der Waals surface area contributed by atoms with Crippen LogP contribution in [0.25, 0.3) is 0 Å². The summed E-state index contributed by atoms with van der Waals surface area (Å²) in [5.74, 6) is 2.20. The van der Waals surface area contributed by atoms with Crippen molar-refractivity contribution in [3.05, 3.63) is 23.3 Å². The van der Waals surface area contributed by atoms with Crippen molar-refractivity contribution in [3.63, 3.8) is 0 Å². The van der Waals surface area contributed by atoms with Crippen LogP contribution in [0.5, 0.6) is 0 Å². The Hall–Kier alpha value is 0.104. The van der Waals surface area contributed by atoms with E-state index in [4.69, 9.17) is 8.85 Å². The number of rotatable bonds is 12. The van der Waals surface area contributed by atoms with E-state index in [2.05, 4.69) is 115 Å². The highest BCUT2D eigenvalue weighted by molar-refractivity contribution is 7.99. The Balaban J connectivity index is 1.62. The van der Waals surface area contributed by atoms with Gasteiger partial charge in [-0.25, -0.2) is 0 Å². The summed E-state index contributed by atoms with van der Waals surface area (Å²) >= 11 is 2.03. The van der Waals surface area contributed by atoms with Gasteiger partial charge in [-0.1, -0.05) is 99.5 Å². The highest BCUT2D eigenvalue weighted by atomic mass is 32.2. The molecule has 4 rings (SSSR count). The molecule has 4 nitrogen and oxygen atoms in total. The molecule has 4 aliphatic carbocycles. The molecule has 0 amide bonds. The normalized spacial score (nSPS) is 35.4. The number of fused-ring (bicyclic) bond motifs is 5. The molecule has 0 unspecified atom stereocenters. The second-order valence-electron chi connectivity index (χ2n) is 20.0. The number of hydrogen-bond acceptors (Lipinski definition) is 5. The zero-order valence-electron chi connectivity index (χ0n) is 33.9. The standard InChI is InChI=1S/C41H76O4SSi2/c1-16-41(43,17-2)22-18-24-46-28(3)36-34(42)27-33-31-20-19-29-25-30(44-47(12,13)37(4,5)6)26-35(45-48(14,15)38(7,8)9)40(29,11)32(31)21-23-39(33,36)10/h19-20,28,30,32-36,42-43H,16-18,21-27H2,1-15H3/t28-,30-,32+,33+,34+,35+,36+,39+,40+/m1/s1. The molecule has 0 aliphatic heterocycles. The average molecular weight is 721 g/mol. The van der Waals surface area contributed by atoms with E-state index in [9.17, 15) is 10.2 Å². The molecule has 9 atom stereocenters. The average Bonchev–Trinajstić information content (AvgIpc) is 3.24. The van der Waals surface area contributed by atoms with Gasteiger partial charge in [0.1, 0.15) is 0 Å². The van der Waals surface area contributed by atoms with Crippen LogP contribution in [0.2, 0.25) is 36.3 Å². The molecule has 278 valence electrons. The first kappa shape index (κ1) is 40.9. The van der Waals surface area contributed by atoms with E-state index in [0.29, 0.717) is 17.1 Å². The molecule has 0 aromatic carbocycles. The molecule has 2 N–H and O–H groups in total. The zero-order chi connectivity index (χ0) is 36.3. The summed E-state index contributed by atoms with van der Waals surface area (Å²) in [6, 6.07) is 0. The monoisotopic (exact) mass is 721 g/mol. The summed E-state index contributed by atoms with van der Waals surface area (Å²) in [5.41, 5.74) is 2.66. The number of thioether (sulfide) groups is 1. The molecule has 0 aromatic rings. The summed E-state index contributed by atoms with van der Waals surface area (Å²) < 4.78 is 14.7. The molecule has 0 bridgehead atoms. The molecular formula is C41H76O4SSi2. The SMILES string of the molecule is CCC(O)(CC)CCCS[C@H](C)[C@H]1[C@@H](O)C[C@H]2C3=CC=C4C[C@@H](O[Si](C)(C)C(C)(C)C)C[C@H](O[Si](C)(C)C(C)(C)C)[C@]4(C)[C@H]3CC[C@]12C. The molecule has 0 saturated heterocycles. The van der Waals surface area contributed by atoms with E-state index in [1.165, 1.54) is 12.0 Å². The van der Waals surface area contributed by atoms with Crippen LogP contribution in [-0.4, -0.2) is 61.8 Å². The summed E-state index contributed by atoms with van der Waals surface area (Å²) in [6.45, 7) is 35.4. The highest BCUT2D eigenvalue weighted by Gasteiger charge is 2.62. The minimum atomic E-state index is -2.06. The molecular weight excluding hydrogens is 645 g/mol. The minimum absolute atomic E-state index is 0.0486. The lowest BCUT2D eigenvalue weighted by Crippen LogP contribution is -2.58. The zero-order valence-corrected chi connectivity index (χ0v) is 36.7. The van der Waals surface area contributed by atoms with Crippen LogP contribution in [0.15, 0.2) is 23.3 Å². The third-order valence-electron chi connectivity index (χ3n) is 15.2. The van der Waals surface area contributed by atoms with E-state index in [-0.39, 0.29) is 45.1 Å². The van der Waals surface area contributed by atoms with Crippen LogP contribution in [0.4, 0.5) is 0 Å². The Kier molecular flexibility index (Phi) is 12.1. The van der Waals surface area contributed by atoms with Crippen LogP contribution < -0.4 is 0 Å². The van der Waals surface area contributed by atoms with Crippen molar-refractivity contribution >= 4 is 28.4 Å². The first-order valence-electron chi connectivity index (χ1n) is 19.7. The van der Waals surface area contributed by atoms with Crippen LogP contribution in [-0.2, 0) is 8.85 Å². The fourth-order valence-corrected chi connectivity index (χ4v) is 13.8. The Morgan fingerprint density at radius 2 is 1.50 bits per heavy atom. The summed E-state index contributed by atoms with van der Waals surface area (Å²) in [7, 11) is -4.00. The van der Waals surface area contributed by atoms with E-state index in [1.807, 2.05) is 11.8 Å². The van der Waals surface area contributed by atoms with Gasteiger partial charge in [-0.3, -0.25) is 0 Å². The smallest absolute Gasteiger partial charge is 0.192 e. The van der Waals surface area contributed by atoms with Crippen molar-refractivity contribution in [2.24, 2.45) is 28.6 Å². The molecule has 0 radical (unpaired) electrons. The van der Waals surface area contributed by atoms with Gasteiger partial charge in [0.25, 0.3) is 0 Å². The second kappa shape index (κ2) is 14.2. The topological polar surface area (TPSA) is 58.9 Å². The Morgan fingerprint density at radius 3 is 2.06 bits per heavy atom. The number of allylic oxidation sites excluding steroid dienone is 3. The lowest BCUT2D eigenvalue weighted by molar-refractivity contribution is -0.0438. The van der Waals surface area contributed by atoms with E-state index < -0.39 is 22.2 Å². The maximum Gasteiger partial charge on any atom is 0.192 e. The highest BCUT2D eigenvalue weighted by Crippen LogP contribution is 2.67. The molecule has 0 spiro atoms. The Morgan fingerprint density at radius 1 is 0.917 bits per heavy atom. The molecule has 3 saturated carbocycles. The predicted molar refractivity (Wildman–Crippen MR) is 213 cm³/mol. The first-order chi connectivity index (χ1) is 21.9. The molecule has 7 heteroatoms. The van der Waals surface area contributed by atoms with Crippen LogP contribution in [0.1, 0.15) is 134 Å². The van der Waals surface area contributed by atoms with Gasteiger partial charge >= 0.3 is 0 Å². The van der Waals surface area contributed by atoms with Crippen molar-refractivity contribution in [2.45, 2.75) is 199 Å². The molecule has 3 fully saturated rings. The number of aliphatic hydroxyl groups excluding tert-OH is 1. The predicted octanol–water partition coefficient (Wildman–Crippen LogP) is 11.3. The molecule has 48 heavy (non-hydrogen) atoms. The maximum absolute atomic E-state index is 11.8. The number of aliphatic hydroxyl groups is 2. The van der Waals surface area contributed by atoms with E-state index in [1.54, 1.807) is 5.57 Å². The van der Waals surface area contributed by atoms with E-state index in [0.717, 1.165) is 57.1 Å². The van der Waals surface area contributed by atoms with Crippen molar-refractivity contribution in [1.82, 2.24) is 0 Å². The number of hydrogen-bond donors (Lipinski definition) is 2. The quantitative estimate of drug-likeness (QED) is 0.155. The third-order valence-corrected chi connectivity index (χ3v) is 25.6. The molecule has 0 heterocycles. The maximum atomic E-state index is 11.8. The first-order valence-corrected chi connectivity index (χ1v) is 26.5. The Bertz CT molecular complexity index is 1190. The summed E-state index contributed by atoms with van der Waals surface area (Å²) in [5, 5.41) is 23.3. The summed E-state index contributed by atoms with van der Waals surface area (Å²) in [4.78, 5) is 0. The van der Waals surface area contributed by atoms with Crippen LogP contribution in [0, 0.1) is 28.6 Å². The lowest BCUT2D eigenvalue weighted by Gasteiger charge is -2.59. The minimum Gasteiger partial charge on any atom is -0.414 e. The lowest BCUT2D eigenvalue weighted by atomic mass is 9.49. The van der Waals surface area contributed by atoms with Crippen molar-refractivity contribution < 1.29 is 19.1 Å². The fourth-order valence-electron chi connectivity index (χ4n) is 9.67. The van der Waals surface area contributed by atoms with Gasteiger partial charge in [-0.05, 0) is 117 Å². The third kappa shape index (κ3) is 7.60. The summed E-state index contributed by atoms with van der Waals surface area (Å²) in [6.07, 6.45) is 13.8. The van der Waals surface area contributed by atoms with Gasteiger partial charge in [0.05, 0.1) is 23.9 Å². The van der Waals surface area contributed by atoms with Gasteiger partial charge in [0.2, 0.25) is 0 Å². The van der Waals surface area contributed by atoms with Crippen molar-refractivity contribution in [1.29, 1.82) is 0 Å². The van der Waals surface area contributed by atoms with Gasteiger partial charge in [-0.15, -0.1) is 0 Å². The van der Waals surface area contributed by atoms with Gasteiger partial charge < -0.3 is 19.1 Å². The van der Waals surface area contributed by atoms with Crippen molar-refractivity contribution in [3.8, 4) is 0 Å². The fraction of sp³-hybridized carbons (Fsp3) is 0.902. The second-order valence-corrected chi connectivity index (χ2v) is 31.0. The van der Waals surface area contributed by atoms with Gasteiger partial charge in [-0.2, -0.15) is 11.8 Å².